The zero-order chi connectivity index (χ0) is 17.3. The Hall–Kier alpha value is -2.45. The van der Waals surface area contributed by atoms with E-state index in [1.165, 1.54) is 22.7 Å². The second kappa shape index (κ2) is 6.58. The van der Waals surface area contributed by atoms with E-state index in [9.17, 15) is 9.59 Å². The van der Waals surface area contributed by atoms with E-state index in [2.05, 4.69) is 10.3 Å². The fourth-order valence-corrected chi connectivity index (χ4v) is 3.95. The summed E-state index contributed by atoms with van der Waals surface area (Å²) in [6.45, 7) is 4.01. The molecule has 0 saturated heterocycles. The summed E-state index contributed by atoms with van der Waals surface area (Å²) in [6, 6.07) is 5.97. The van der Waals surface area contributed by atoms with Gasteiger partial charge in [-0.05, 0) is 37.4 Å². The smallest absolute Gasteiger partial charge is 0.269 e. The molecule has 0 unspecified atom stereocenters. The third-order valence-corrected chi connectivity index (χ3v) is 5.20. The number of carbonyl (C=O) groups is 2. The van der Waals surface area contributed by atoms with Gasteiger partial charge in [0.1, 0.15) is 4.88 Å². The average molecular weight is 360 g/mol. The zero-order valence-electron chi connectivity index (χ0n) is 13.2. The molecule has 0 aromatic carbocycles. The lowest BCUT2D eigenvalue weighted by Crippen LogP contribution is -2.15. The number of thiophene rings is 1. The highest BCUT2D eigenvalue weighted by Gasteiger charge is 2.18. The van der Waals surface area contributed by atoms with Crippen molar-refractivity contribution in [2.75, 3.05) is 5.32 Å². The molecule has 0 saturated carbocycles. The molecule has 0 spiro atoms. The molecule has 0 fully saturated rings. The van der Waals surface area contributed by atoms with Crippen LogP contribution < -0.4 is 11.1 Å². The molecule has 3 aromatic heterocycles. The summed E-state index contributed by atoms with van der Waals surface area (Å²) in [4.78, 5) is 28.4. The zero-order valence-corrected chi connectivity index (χ0v) is 14.8. The van der Waals surface area contributed by atoms with Crippen LogP contribution in [-0.2, 0) is 11.2 Å². The molecule has 0 aliphatic rings. The molecule has 0 aliphatic carbocycles. The Labute approximate surface area is 147 Å². The van der Waals surface area contributed by atoms with Crippen LogP contribution in [0.4, 0.5) is 5.13 Å². The number of thiazole rings is 1. The molecule has 0 aliphatic heterocycles. The van der Waals surface area contributed by atoms with Crippen molar-refractivity contribution in [3.63, 3.8) is 0 Å². The van der Waals surface area contributed by atoms with E-state index in [0.29, 0.717) is 15.7 Å². The molecule has 3 N–H and O–H groups in total. The van der Waals surface area contributed by atoms with Gasteiger partial charge >= 0.3 is 0 Å². The first-order valence-corrected chi connectivity index (χ1v) is 8.98. The molecular weight excluding hydrogens is 344 g/mol. The second-order valence-corrected chi connectivity index (χ2v) is 7.10. The van der Waals surface area contributed by atoms with Crippen LogP contribution in [0, 0.1) is 13.8 Å². The van der Waals surface area contributed by atoms with E-state index in [0.717, 1.165) is 17.1 Å². The van der Waals surface area contributed by atoms with E-state index >= 15 is 0 Å². The van der Waals surface area contributed by atoms with Gasteiger partial charge in [0.15, 0.2) is 5.13 Å². The van der Waals surface area contributed by atoms with Gasteiger partial charge in [-0.2, -0.15) is 0 Å². The van der Waals surface area contributed by atoms with Gasteiger partial charge in [-0.15, -0.1) is 22.7 Å². The Balaban J connectivity index is 1.83. The molecule has 6 nitrogen and oxygen atoms in total. The topological polar surface area (TPSA) is 90.0 Å². The largest absolute Gasteiger partial charge is 0.369 e. The van der Waals surface area contributed by atoms with Gasteiger partial charge in [0.05, 0.1) is 17.8 Å². The minimum Gasteiger partial charge on any atom is -0.369 e. The molecule has 2 amide bonds. The molecule has 0 atom stereocenters. The van der Waals surface area contributed by atoms with Crippen molar-refractivity contribution in [2.45, 2.75) is 20.3 Å². The number of aromatic nitrogens is 2. The van der Waals surface area contributed by atoms with Crippen molar-refractivity contribution in [3.05, 3.63) is 50.9 Å². The van der Waals surface area contributed by atoms with Gasteiger partial charge in [0, 0.05) is 16.8 Å². The number of nitrogens with two attached hydrogens (primary N) is 1. The number of hydrogen-bond donors (Lipinski definition) is 2. The fraction of sp³-hybridized carbons (Fsp3) is 0.188. The number of primary amides is 1. The van der Waals surface area contributed by atoms with Gasteiger partial charge < -0.3 is 10.3 Å². The lowest BCUT2D eigenvalue weighted by Gasteiger charge is -2.10. The van der Waals surface area contributed by atoms with Crippen LogP contribution in [0.2, 0.25) is 0 Å². The first-order valence-electron chi connectivity index (χ1n) is 7.22. The summed E-state index contributed by atoms with van der Waals surface area (Å²) in [7, 11) is 0. The first kappa shape index (κ1) is 16.4. The lowest BCUT2D eigenvalue weighted by molar-refractivity contribution is -0.117. The third kappa shape index (κ3) is 3.24. The predicted octanol–water partition coefficient (Wildman–Crippen LogP) is 2.89. The van der Waals surface area contributed by atoms with Gasteiger partial charge in [0.2, 0.25) is 5.91 Å². The quantitative estimate of drug-likeness (QED) is 0.733. The summed E-state index contributed by atoms with van der Waals surface area (Å²) in [5, 5.41) is 6.86. The van der Waals surface area contributed by atoms with E-state index in [1.54, 1.807) is 5.38 Å². The van der Waals surface area contributed by atoms with E-state index in [-0.39, 0.29) is 12.3 Å². The molecule has 0 bridgehead atoms. The van der Waals surface area contributed by atoms with Crippen molar-refractivity contribution >= 4 is 39.6 Å². The summed E-state index contributed by atoms with van der Waals surface area (Å²) < 4.78 is 2.05. The molecule has 124 valence electrons. The number of nitrogens with zero attached hydrogens (tertiary/aromatic N) is 2. The number of nitrogens with one attached hydrogen (secondary N) is 1. The third-order valence-electron chi connectivity index (χ3n) is 3.49. The Morgan fingerprint density at radius 2 is 1.92 bits per heavy atom. The maximum atomic E-state index is 12.6. The Kier molecular flexibility index (Phi) is 4.50. The molecule has 24 heavy (non-hydrogen) atoms. The van der Waals surface area contributed by atoms with Crippen LogP contribution in [0.3, 0.4) is 0 Å². The molecular formula is C16H16N4O2S2. The second-order valence-electron chi connectivity index (χ2n) is 5.33. The highest BCUT2D eigenvalue weighted by atomic mass is 32.1. The van der Waals surface area contributed by atoms with E-state index < -0.39 is 5.91 Å². The van der Waals surface area contributed by atoms with Crippen LogP contribution in [0.25, 0.3) is 5.69 Å². The Morgan fingerprint density at radius 3 is 2.58 bits per heavy atom. The monoisotopic (exact) mass is 360 g/mol. The number of amides is 2. The van der Waals surface area contributed by atoms with Crippen molar-refractivity contribution in [1.82, 2.24) is 9.55 Å². The summed E-state index contributed by atoms with van der Waals surface area (Å²) in [5.41, 5.74) is 8.70. The highest BCUT2D eigenvalue weighted by molar-refractivity contribution is 7.14. The van der Waals surface area contributed by atoms with Crippen LogP contribution in [0.1, 0.15) is 26.8 Å². The molecule has 3 aromatic rings. The van der Waals surface area contributed by atoms with Crippen LogP contribution in [-0.4, -0.2) is 21.4 Å². The van der Waals surface area contributed by atoms with Crippen LogP contribution in [0.15, 0.2) is 29.0 Å². The number of anilines is 1. The number of aryl methyl sites for hydroxylation is 2. The maximum Gasteiger partial charge on any atom is 0.269 e. The molecule has 8 heteroatoms. The van der Waals surface area contributed by atoms with Crippen molar-refractivity contribution in [2.24, 2.45) is 5.73 Å². The first-order chi connectivity index (χ1) is 11.5. The predicted molar refractivity (Wildman–Crippen MR) is 96.1 cm³/mol. The summed E-state index contributed by atoms with van der Waals surface area (Å²) in [6.07, 6.45) is 0.0678. The van der Waals surface area contributed by atoms with Crippen molar-refractivity contribution in [3.8, 4) is 5.69 Å². The number of hydrogen-bond acceptors (Lipinski definition) is 5. The summed E-state index contributed by atoms with van der Waals surface area (Å²) in [5.74, 6) is -0.662. The standard InChI is InChI=1S/C16H16N4O2S2/c1-9-3-4-10(2)20(9)12-5-6-23-14(12)15(22)19-16-18-11(8-24-16)7-13(17)21/h3-6,8H,7H2,1-2H3,(H2,17,21)(H,18,19,22). The Bertz CT molecular complexity index is 887. The lowest BCUT2D eigenvalue weighted by atomic mass is 10.3. The van der Waals surface area contributed by atoms with Gasteiger partial charge in [-0.3, -0.25) is 14.9 Å². The van der Waals surface area contributed by atoms with Gasteiger partial charge in [-0.25, -0.2) is 4.98 Å². The maximum absolute atomic E-state index is 12.6. The van der Waals surface area contributed by atoms with Gasteiger partial charge in [0.25, 0.3) is 5.91 Å². The molecule has 0 radical (unpaired) electrons. The van der Waals surface area contributed by atoms with E-state index in [4.69, 9.17) is 5.73 Å². The van der Waals surface area contributed by atoms with Crippen molar-refractivity contribution < 1.29 is 9.59 Å². The van der Waals surface area contributed by atoms with Crippen LogP contribution in [0.5, 0.6) is 0 Å². The summed E-state index contributed by atoms with van der Waals surface area (Å²) >= 11 is 2.65. The highest BCUT2D eigenvalue weighted by Crippen LogP contribution is 2.26. The fourth-order valence-electron chi connectivity index (χ4n) is 2.47. The average Bonchev–Trinajstić information content (AvgIpc) is 3.20. The SMILES string of the molecule is Cc1ccc(C)n1-c1ccsc1C(=O)Nc1nc(CC(N)=O)cs1. The normalized spacial score (nSPS) is 10.8. The minimum absolute atomic E-state index is 0.0678. The van der Waals surface area contributed by atoms with Crippen LogP contribution >= 0.6 is 22.7 Å². The van der Waals surface area contributed by atoms with E-state index in [1.807, 2.05) is 42.0 Å². The number of carbonyl (C=O) groups excluding carboxylic acids is 2. The minimum atomic E-state index is -0.447. The Morgan fingerprint density at radius 1 is 1.21 bits per heavy atom. The molecule has 3 heterocycles. The van der Waals surface area contributed by atoms with Crippen molar-refractivity contribution in [1.29, 1.82) is 0 Å². The molecule has 3 rings (SSSR count). The van der Waals surface area contributed by atoms with Gasteiger partial charge in [-0.1, -0.05) is 0 Å². The number of rotatable bonds is 5.